The van der Waals surface area contributed by atoms with Crippen LogP contribution in [0.2, 0.25) is 0 Å². The van der Waals surface area contributed by atoms with Crippen LogP contribution in [0.15, 0.2) is 58.8 Å². The van der Waals surface area contributed by atoms with Gasteiger partial charge in [-0.3, -0.25) is 4.79 Å². The third kappa shape index (κ3) is 4.19. The molecular weight excluding hydrogens is 302 g/mol. The Hall–Kier alpha value is -2.69. The molecule has 0 radical (unpaired) electrons. The maximum atomic E-state index is 10.9. The summed E-state index contributed by atoms with van der Waals surface area (Å²) >= 11 is 0. The number of carbonyl (C=O) groups excluding carboxylic acids is 1. The minimum Gasteiger partial charge on any atom is -0.464 e. The number of carbonyl (C=O) groups is 1. The molecule has 5 heteroatoms. The highest BCUT2D eigenvalue weighted by Gasteiger charge is 2.17. The molecule has 0 N–H and O–H groups in total. The van der Waals surface area contributed by atoms with Crippen molar-refractivity contribution >= 4 is 23.0 Å². The first kappa shape index (κ1) is 16.2. The van der Waals surface area contributed by atoms with Crippen molar-refractivity contribution in [1.82, 2.24) is 0 Å². The van der Waals surface area contributed by atoms with Crippen molar-refractivity contribution in [3.8, 4) is 0 Å². The Morgan fingerprint density at radius 2 is 1.92 bits per heavy atom. The molecule has 0 atom stereocenters. The van der Waals surface area contributed by atoms with Gasteiger partial charge < -0.3 is 9.64 Å². The standard InChI is InChI=1S/C19H21N3O2/c1-15(23)24-13-12-22-11-5-6-16-14-18(9-10-19(16)22)21-20-17-7-3-2-4-8-17/h2-4,7-10,14H,5-6,11-13H2,1H3. The van der Waals surface area contributed by atoms with E-state index >= 15 is 0 Å². The van der Waals surface area contributed by atoms with Gasteiger partial charge in [-0.2, -0.15) is 10.2 Å². The third-order valence-corrected chi connectivity index (χ3v) is 3.98. The Morgan fingerprint density at radius 1 is 1.12 bits per heavy atom. The minimum atomic E-state index is -0.232. The quantitative estimate of drug-likeness (QED) is 0.604. The van der Waals surface area contributed by atoms with Crippen LogP contribution in [0.4, 0.5) is 17.1 Å². The molecule has 0 saturated carbocycles. The summed E-state index contributed by atoms with van der Waals surface area (Å²) in [6.45, 7) is 3.56. The Labute approximate surface area is 142 Å². The van der Waals surface area contributed by atoms with Crippen molar-refractivity contribution in [2.24, 2.45) is 10.2 Å². The summed E-state index contributed by atoms with van der Waals surface area (Å²) in [5.74, 6) is -0.232. The lowest BCUT2D eigenvalue weighted by atomic mass is 10.0. The van der Waals surface area contributed by atoms with Crippen LogP contribution in [0.5, 0.6) is 0 Å². The number of nitrogens with zero attached hydrogens (tertiary/aromatic N) is 3. The van der Waals surface area contributed by atoms with Crippen LogP contribution in [0, 0.1) is 0 Å². The number of rotatable bonds is 5. The highest BCUT2D eigenvalue weighted by molar-refractivity contribution is 5.66. The van der Waals surface area contributed by atoms with Crippen LogP contribution in [0.25, 0.3) is 0 Å². The molecular formula is C19H21N3O2. The zero-order valence-electron chi connectivity index (χ0n) is 13.8. The van der Waals surface area contributed by atoms with Crippen LogP contribution >= 0.6 is 0 Å². The fourth-order valence-corrected chi connectivity index (χ4v) is 2.87. The molecule has 0 spiro atoms. The Kier molecular flexibility index (Phi) is 5.21. The van der Waals surface area contributed by atoms with E-state index in [2.05, 4.69) is 27.3 Å². The lowest BCUT2D eigenvalue weighted by Crippen LogP contribution is -2.32. The largest absolute Gasteiger partial charge is 0.464 e. The second-order valence-electron chi connectivity index (χ2n) is 5.78. The molecule has 5 nitrogen and oxygen atoms in total. The summed E-state index contributed by atoms with van der Waals surface area (Å²) in [5, 5.41) is 8.60. The molecule has 0 bridgehead atoms. The molecule has 1 heterocycles. The SMILES string of the molecule is CC(=O)OCCN1CCCc2cc(N=Nc3ccccc3)ccc21. The average molecular weight is 323 g/mol. The van der Waals surface area contributed by atoms with Crippen molar-refractivity contribution in [2.45, 2.75) is 19.8 Å². The molecule has 1 aliphatic heterocycles. The molecule has 3 rings (SSSR count). The first-order chi connectivity index (χ1) is 11.7. The third-order valence-electron chi connectivity index (χ3n) is 3.98. The zero-order valence-corrected chi connectivity index (χ0v) is 13.8. The topological polar surface area (TPSA) is 54.3 Å². The highest BCUT2D eigenvalue weighted by Crippen LogP contribution is 2.31. The number of benzene rings is 2. The first-order valence-corrected chi connectivity index (χ1v) is 8.20. The Balaban J connectivity index is 1.71. The average Bonchev–Trinajstić information content (AvgIpc) is 2.60. The number of hydrogen-bond acceptors (Lipinski definition) is 5. The van der Waals surface area contributed by atoms with Gasteiger partial charge in [-0.25, -0.2) is 0 Å². The Morgan fingerprint density at radius 3 is 2.71 bits per heavy atom. The Bertz CT molecular complexity index is 729. The number of ether oxygens (including phenoxy) is 1. The fraction of sp³-hybridized carbons (Fsp3) is 0.316. The lowest BCUT2D eigenvalue weighted by molar-refractivity contribution is -0.140. The second kappa shape index (κ2) is 7.73. The number of esters is 1. The van der Waals surface area contributed by atoms with E-state index in [1.165, 1.54) is 18.2 Å². The number of hydrogen-bond donors (Lipinski definition) is 0. The van der Waals surface area contributed by atoms with E-state index in [4.69, 9.17) is 4.74 Å². The van der Waals surface area contributed by atoms with E-state index in [9.17, 15) is 4.79 Å². The van der Waals surface area contributed by atoms with Crippen molar-refractivity contribution in [3.63, 3.8) is 0 Å². The van der Waals surface area contributed by atoms with Gasteiger partial charge in [-0.1, -0.05) is 18.2 Å². The van der Waals surface area contributed by atoms with E-state index in [0.29, 0.717) is 6.61 Å². The smallest absolute Gasteiger partial charge is 0.302 e. The van der Waals surface area contributed by atoms with Gasteiger partial charge in [0.2, 0.25) is 0 Å². The molecule has 24 heavy (non-hydrogen) atoms. The fourth-order valence-electron chi connectivity index (χ4n) is 2.87. The van der Waals surface area contributed by atoms with E-state index < -0.39 is 0 Å². The van der Waals surface area contributed by atoms with Gasteiger partial charge in [0.25, 0.3) is 0 Å². The van der Waals surface area contributed by atoms with E-state index in [1.807, 2.05) is 36.4 Å². The monoisotopic (exact) mass is 323 g/mol. The van der Waals surface area contributed by atoms with Crippen molar-refractivity contribution in [1.29, 1.82) is 0 Å². The van der Waals surface area contributed by atoms with Crippen LogP contribution in [0.3, 0.4) is 0 Å². The summed E-state index contributed by atoms with van der Waals surface area (Å²) in [4.78, 5) is 13.2. The molecule has 0 unspecified atom stereocenters. The predicted octanol–water partition coefficient (Wildman–Crippen LogP) is 4.42. The van der Waals surface area contributed by atoms with Crippen molar-refractivity contribution < 1.29 is 9.53 Å². The zero-order chi connectivity index (χ0) is 16.8. The van der Waals surface area contributed by atoms with Crippen LogP contribution < -0.4 is 4.90 Å². The molecule has 1 aliphatic rings. The lowest BCUT2D eigenvalue weighted by Gasteiger charge is -2.31. The predicted molar refractivity (Wildman–Crippen MR) is 94.2 cm³/mol. The maximum absolute atomic E-state index is 10.9. The number of anilines is 1. The van der Waals surface area contributed by atoms with Crippen molar-refractivity contribution in [3.05, 3.63) is 54.1 Å². The van der Waals surface area contributed by atoms with Gasteiger partial charge in [-0.05, 0) is 48.7 Å². The van der Waals surface area contributed by atoms with E-state index in [0.717, 1.165) is 37.3 Å². The number of aryl methyl sites for hydroxylation is 1. The van der Waals surface area contributed by atoms with Gasteiger partial charge in [0.1, 0.15) is 6.61 Å². The molecule has 0 aromatic heterocycles. The molecule has 124 valence electrons. The summed E-state index contributed by atoms with van der Waals surface area (Å²) in [7, 11) is 0. The second-order valence-corrected chi connectivity index (χ2v) is 5.78. The normalized spacial score (nSPS) is 13.8. The van der Waals surface area contributed by atoms with Crippen LogP contribution in [-0.2, 0) is 16.0 Å². The van der Waals surface area contributed by atoms with Crippen molar-refractivity contribution in [2.75, 3.05) is 24.6 Å². The van der Waals surface area contributed by atoms with Crippen LogP contribution in [-0.4, -0.2) is 25.7 Å². The van der Waals surface area contributed by atoms with Gasteiger partial charge in [0.05, 0.1) is 17.9 Å². The van der Waals surface area contributed by atoms with Crippen LogP contribution in [0.1, 0.15) is 18.9 Å². The van der Waals surface area contributed by atoms with Gasteiger partial charge >= 0.3 is 5.97 Å². The molecule has 0 aliphatic carbocycles. The molecule has 0 saturated heterocycles. The summed E-state index contributed by atoms with van der Waals surface area (Å²) in [5.41, 5.74) is 4.18. The molecule has 2 aromatic carbocycles. The molecule has 0 fully saturated rings. The molecule has 2 aromatic rings. The highest BCUT2D eigenvalue weighted by atomic mass is 16.5. The number of azo groups is 1. The number of fused-ring (bicyclic) bond motifs is 1. The van der Waals surface area contributed by atoms with Gasteiger partial charge in [0, 0.05) is 19.2 Å². The summed E-state index contributed by atoms with van der Waals surface area (Å²) in [6, 6.07) is 15.9. The summed E-state index contributed by atoms with van der Waals surface area (Å²) < 4.78 is 5.06. The van der Waals surface area contributed by atoms with E-state index in [-0.39, 0.29) is 5.97 Å². The first-order valence-electron chi connectivity index (χ1n) is 8.20. The minimum absolute atomic E-state index is 0.232. The molecule has 0 amide bonds. The van der Waals surface area contributed by atoms with Gasteiger partial charge in [0.15, 0.2) is 0 Å². The maximum Gasteiger partial charge on any atom is 0.302 e. The summed E-state index contributed by atoms with van der Waals surface area (Å²) in [6.07, 6.45) is 2.13. The van der Waals surface area contributed by atoms with Gasteiger partial charge in [-0.15, -0.1) is 0 Å². The van der Waals surface area contributed by atoms with E-state index in [1.54, 1.807) is 0 Å².